The fourth-order valence-corrected chi connectivity index (χ4v) is 5.26. The SMILES string of the molecule is CCC(CC)Cn1nc(C(=O)N[C@@H](CC2CCCCC2)C(=O)NCC(=O)OC)cc1-c1cc(OC)ccc1OC. The first-order chi connectivity index (χ1) is 19.3. The Kier molecular flexibility index (Phi) is 11.8. The van der Waals surface area contributed by atoms with Crippen molar-refractivity contribution in [2.24, 2.45) is 11.8 Å². The molecule has 0 unspecified atom stereocenters. The first-order valence-corrected chi connectivity index (χ1v) is 14.3. The molecule has 1 heterocycles. The smallest absolute Gasteiger partial charge is 0.325 e. The predicted octanol–water partition coefficient (Wildman–Crippen LogP) is 4.36. The van der Waals surface area contributed by atoms with Crippen LogP contribution >= 0.6 is 0 Å². The highest BCUT2D eigenvalue weighted by molar-refractivity contribution is 5.97. The third-order valence-corrected chi connectivity index (χ3v) is 7.83. The Balaban J connectivity index is 1.93. The molecule has 0 spiro atoms. The van der Waals surface area contributed by atoms with Crippen LogP contribution in [-0.2, 0) is 20.9 Å². The summed E-state index contributed by atoms with van der Waals surface area (Å²) in [6.45, 7) is 4.65. The van der Waals surface area contributed by atoms with Gasteiger partial charge < -0.3 is 24.8 Å². The number of amides is 2. The molecule has 2 aromatic rings. The molecule has 1 aromatic carbocycles. The van der Waals surface area contributed by atoms with Gasteiger partial charge in [0, 0.05) is 12.1 Å². The average Bonchev–Trinajstić information content (AvgIpc) is 3.41. The van der Waals surface area contributed by atoms with E-state index in [1.165, 1.54) is 13.5 Å². The van der Waals surface area contributed by atoms with E-state index in [1.54, 1.807) is 20.3 Å². The number of hydrogen-bond acceptors (Lipinski definition) is 7. The van der Waals surface area contributed by atoms with Gasteiger partial charge in [-0.1, -0.05) is 58.8 Å². The number of carbonyl (C=O) groups is 3. The van der Waals surface area contributed by atoms with Crippen LogP contribution in [0.4, 0.5) is 0 Å². The van der Waals surface area contributed by atoms with Crippen molar-refractivity contribution in [3.05, 3.63) is 30.0 Å². The zero-order valence-electron chi connectivity index (χ0n) is 24.5. The van der Waals surface area contributed by atoms with Gasteiger partial charge in [-0.15, -0.1) is 0 Å². The normalized spacial score (nSPS) is 14.4. The quantitative estimate of drug-likeness (QED) is 0.332. The van der Waals surface area contributed by atoms with E-state index in [9.17, 15) is 14.4 Å². The number of nitrogens with zero attached hydrogens (tertiary/aromatic N) is 2. The summed E-state index contributed by atoms with van der Waals surface area (Å²) in [5.41, 5.74) is 1.70. The van der Waals surface area contributed by atoms with Crippen LogP contribution in [0.1, 0.15) is 75.7 Å². The Morgan fingerprint density at radius 1 is 1.02 bits per heavy atom. The van der Waals surface area contributed by atoms with Crippen molar-refractivity contribution < 1.29 is 28.6 Å². The van der Waals surface area contributed by atoms with E-state index < -0.39 is 23.8 Å². The first kappa shape index (κ1) is 31.0. The third-order valence-electron chi connectivity index (χ3n) is 7.83. The molecule has 1 aliphatic carbocycles. The highest BCUT2D eigenvalue weighted by atomic mass is 16.5. The number of carbonyl (C=O) groups excluding carboxylic acids is 3. The maximum Gasteiger partial charge on any atom is 0.325 e. The summed E-state index contributed by atoms with van der Waals surface area (Å²) in [6, 6.07) is 6.46. The van der Waals surface area contributed by atoms with Crippen LogP contribution in [0, 0.1) is 11.8 Å². The number of methoxy groups -OCH3 is 3. The number of ether oxygens (including phenoxy) is 3. The Bertz CT molecular complexity index is 1140. The molecule has 220 valence electrons. The van der Waals surface area contributed by atoms with Gasteiger partial charge in [-0.3, -0.25) is 19.1 Å². The molecule has 0 aliphatic heterocycles. The van der Waals surface area contributed by atoms with E-state index in [0.717, 1.165) is 49.8 Å². The number of benzene rings is 1. The molecule has 1 aliphatic rings. The summed E-state index contributed by atoms with van der Waals surface area (Å²) < 4.78 is 17.6. The molecule has 1 saturated carbocycles. The zero-order valence-corrected chi connectivity index (χ0v) is 24.5. The molecular weight excluding hydrogens is 512 g/mol. The van der Waals surface area contributed by atoms with Crippen molar-refractivity contribution in [1.82, 2.24) is 20.4 Å². The predicted molar refractivity (Wildman–Crippen MR) is 152 cm³/mol. The van der Waals surface area contributed by atoms with E-state index in [4.69, 9.17) is 14.6 Å². The van der Waals surface area contributed by atoms with Gasteiger partial charge in [0.15, 0.2) is 5.69 Å². The van der Waals surface area contributed by atoms with Gasteiger partial charge in [-0.05, 0) is 42.5 Å². The van der Waals surface area contributed by atoms with Gasteiger partial charge in [0.2, 0.25) is 5.91 Å². The van der Waals surface area contributed by atoms with Gasteiger partial charge >= 0.3 is 5.97 Å². The second kappa shape index (κ2) is 15.3. The molecule has 0 saturated heterocycles. The lowest BCUT2D eigenvalue weighted by atomic mass is 9.84. The van der Waals surface area contributed by atoms with Crippen molar-refractivity contribution in [3.63, 3.8) is 0 Å². The summed E-state index contributed by atoms with van der Waals surface area (Å²) in [6.07, 6.45) is 7.88. The van der Waals surface area contributed by atoms with Crippen LogP contribution in [0.3, 0.4) is 0 Å². The highest BCUT2D eigenvalue weighted by Crippen LogP contribution is 2.35. The first-order valence-electron chi connectivity index (χ1n) is 14.3. The van der Waals surface area contributed by atoms with Crippen LogP contribution in [0.25, 0.3) is 11.3 Å². The molecule has 1 aromatic heterocycles. The fraction of sp³-hybridized carbons (Fsp3) is 0.600. The van der Waals surface area contributed by atoms with E-state index >= 15 is 0 Å². The van der Waals surface area contributed by atoms with Crippen molar-refractivity contribution in [1.29, 1.82) is 0 Å². The standard InChI is InChI=1S/C30H44N4O6/c1-6-20(7-2)19-34-26(23-16-22(38-3)13-14-27(23)39-4)17-25(33-34)30(37)32-24(15-21-11-9-8-10-12-21)29(36)31-18-28(35)40-5/h13-14,16-17,20-21,24H,6-12,15,18-19H2,1-5H3,(H,31,36)(H,32,37)/t24-/m0/s1. The van der Waals surface area contributed by atoms with Gasteiger partial charge in [0.05, 0.1) is 27.0 Å². The van der Waals surface area contributed by atoms with Crippen LogP contribution in [0.5, 0.6) is 11.5 Å². The molecule has 1 fully saturated rings. The summed E-state index contributed by atoms with van der Waals surface area (Å²) in [5.74, 6) is 0.591. The van der Waals surface area contributed by atoms with E-state index in [0.29, 0.717) is 36.3 Å². The van der Waals surface area contributed by atoms with Gasteiger partial charge in [-0.25, -0.2) is 0 Å². The minimum Gasteiger partial charge on any atom is -0.497 e. The Morgan fingerprint density at radius 3 is 2.38 bits per heavy atom. The van der Waals surface area contributed by atoms with Gasteiger partial charge in [0.1, 0.15) is 24.1 Å². The molecule has 40 heavy (non-hydrogen) atoms. The molecule has 0 bridgehead atoms. The third kappa shape index (κ3) is 8.22. The molecule has 10 heteroatoms. The molecule has 2 N–H and O–H groups in total. The zero-order chi connectivity index (χ0) is 29.1. The van der Waals surface area contributed by atoms with E-state index in [-0.39, 0.29) is 12.2 Å². The Labute approximate surface area is 237 Å². The van der Waals surface area contributed by atoms with Crippen LogP contribution in [-0.4, -0.2) is 61.5 Å². The summed E-state index contributed by atoms with van der Waals surface area (Å²) in [4.78, 5) is 38.3. The number of esters is 1. The van der Waals surface area contributed by atoms with Crippen LogP contribution < -0.4 is 20.1 Å². The fourth-order valence-electron chi connectivity index (χ4n) is 5.26. The molecule has 10 nitrogen and oxygen atoms in total. The number of rotatable bonds is 14. The largest absolute Gasteiger partial charge is 0.497 e. The molecule has 0 radical (unpaired) electrons. The topological polar surface area (TPSA) is 121 Å². The summed E-state index contributed by atoms with van der Waals surface area (Å²) in [7, 11) is 4.47. The van der Waals surface area contributed by atoms with Crippen LogP contribution in [0.15, 0.2) is 24.3 Å². The maximum atomic E-state index is 13.6. The molecular formula is C30H44N4O6. The van der Waals surface area contributed by atoms with Gasteiger partial charge in [0.25, 0.3) is 5.91 Å². The Morgan fingerprint density at radius 2 is 1.75 bits per heavy atom. The van der Waals surface area contributed by atoms with Crippen LogP contribution in [0.2, 0.25) is 0 Å². The lowest BCUT2D eigenvalue weighted by Gasteiger charge is -2.26. The highest BCUT2D eigenvalue weighted by Gasteiger charge is 2.28. The lowest BCUT2D eigenvalue weighted by molar-refractivity contribution is -0.141. The summed E-state index contributed by atoms with van der Waals surface area (Å²) >= 11 is 0. The number of hydrogen-bond donors (Lipinski definition) is 2. The van der Waals surface area contributed by atoms with Crippen molar-refractivity contribution in [3.8, 4) is 22.8 Å². The van der Waals surface area contributed by atoms with Crippen molar-refractivity contribution in [2.45, 2.75) is 77.8 Å². The van der Waals surface area contributed by atoms with E-state index in [2.05, 4.69) is 29.2 Å². The van der Waals surface area contributed by atoms with Gasteiger partial charge in [-0.2, -0.15) is 5.10 Å². The maximum absolute atomic E-state index is 13.6. The second-order valence-electron chi connectivity index (χ2n) is 10.4. The van der Waals surface area contributed by atoms with Crippen molar-refractivity contribution >= 4 is 17.8 Å². The minimum absolute atomic E-state index is 0.209. The average molecular weight is 557 g/mol. The minimum atomic E-state index is -0.792. The second-order valence-corrected chi connectivity index (χ2v) is 10.4. The molecule has 3 rings (SSSR count). The lowest BCUT2D eigenvalue weighted by Crippen LogP contribution is -2.49. The summed E-state index contributed by atoms with van der Waals surface area (Å²) in [5, 5.41) is 10.2. The van der Waals surface area contributed by atoms with E-state index in [1.807, 2.05) is 22.9 Å². The Hall–Kier alpha value is -3.56. The molecule has 2 amide bonds. The molecule has 1 atom stereocenters. The monoisotopic (exact) mass is 556 g/mol. The van der Waals surface area contributed by atoms with Crippen molar-refractivity contribution in [2.75, 3.05) is 27.9 Å². The number of nitrogens with one attached hydrogen (secondary N) is 2. The number of aromatic nitrogens is 2.